The Morgan fingerprint density at radius 3 is 2.51 bits per heavy atom. The minimum Gasteiger partial charge on any atom is -0.497 e. The van der Waals surface area contributed by atoms with Crippen LogP contribution in [-0.2, 0) is 9.53 Å². The Labute approximate surface area is 209 Å². The van der Waals surface area contributed by atoms with E-state index < -0.39 is 12.0 Å². The van der Waals surface area contributed by atoms with Crippen molar-refractivity contribution in [1.29, 1.82) is 0 Å². The highest BCUT2D eigenvalue weighted by molar-refractivity contribution is 7.10. The number of esters is 1. The lowest BCUT2D eigenvalue weighted by molar-refractivity contribution is -0.138. The largest absolute Gasteiger partial charge is 0.497 e. The number of nitrogens with zero attached hydrogens (tertiary/aromatic N) is 2. The topological polar surface area (TPSA) is 69.9 Å². The van der Waals surface area contributed by atoms with Gasteiger partial charge in [0.05, 0.1) is 29.5 Å². The molecule has 176 valence electrons. The Hall–Kier alpha value is -3.75. The fourth-order valence-electron chi connectivity index (χ4n) is 4.01. The minimum absolute atomic E-state index is 0.197. The Morgan fingerprint density at radius 1 is 1.09 bits per heavy atom. The number of methoxy groups -OCH3 is 1. The van der Waals surface area contributed by atoms with E-state index in [2.05, 4.69) is 0 Å². The summed E-state index contributed by atoms with van der Waals surface area (Å²) in [4.78, 5) is 33.2. The van der Waals surface area contributed by atoms with E-state index in [0.29, 0.717) is 20.6 Å². The zero-order valence-electron chi connectivity index (χ0n) is 19.1. The molecule has 1 atom stereocenters. The predicted octanol–water partition coefficient (Wildman–Crippen LogP) is 4.01. The van der Waals surface area contributed by atoms with Crippen molar-refractivity contribution in [1.82, 2.24) is 4.57 Å². The van der Waals surface area contributed by atoms with Crippen molar-refractivity contribution in [2.24, 2.45) is 4.99 Å². The highest BCUT2D eigenvalue weighted by Gasteiger charge is 2.35. The van der Waals surface area contributed by atoms with Crippen molar-refractivity contribution in [2.45, 2.75) is 13.0 Å². The molecule has 2 aromatic carbocycles. The smallest absolute Gasteiger partial charge is 0.338 e. The predicted molar refractivity (Wildman–Crippen MR) is 138 cm³/mol. The van der Waals surface area contributed by atoms with Crippen LogP contribution in [-0.4, -0.2) is 24.3 Å². The molecule has 0 spiro atoms. The number of fused-ring (bicyclic) bond motifs is 1. The lowest BCUT2D eigenvalue weighted by Crippen LogP contribution is -2.39. The molecule has 0 amide bonds. The lowest BCUT2D eigenvalue weighted by Gasteiger charge is -2.24. The summed E-state index contributed by atoms with van der Waals surface area (Å²) in [6.45, 7) is 1.99. The van der Waals surface area contributed by atoms with Crippen LogP contribution in [0.4, 0.5) is 0 Å². The van der Waals surface area contributed by atoms with Gasteiger partial charge in [-0.1, -0.05) is 59.9 Å². The van der Waals surface area contributed by atoms with Gasteiger partial charge in [0.15, 0.2) is 4.80 Å². The van der Waals surface area contributed by atoms with Gasteiger partial charge < -0.3 is 9.47 Å². The number of carbonyl (C=O) groups is 1. The number of rotatable bonds is 6. The van der Waals surface area contributed by atoms with Crippen molar-refractivity contribution >= 4 is 40.4 Å². The molecule has 0 fully saturated rings. The maximum Gasteiger partial charge on any atom is 0.338 e. The third-order valence-corrected chi connectivity index (χ3v) is 7.51. The van der Waals surface area contributed by atoms with Crippen molar-refractivity contribution in [3.05, 3.63) is 113 Å². The van der Waals surface area contributed by atoms with E-state index in [0.717, 1.165) is 21.8 Å². The standard InChI is InChI=1S/C27H22N2O4S2/c1-3-33-26(31)22-23(18-8-5-4-6-9-18)28-27-29(24(22)20-10-7-15-34-20)25(30)21(35-27)16-17-11-13-19(32-2)14-12-17/h4-16,24H,3H2,1-2H3. The SMILES string of the molecule is CCOC(=O)C1=C(c2ccccc2)N=c2sc(=Cc3ccc(OC)cc3)c(=O)n2C1c1cccs1. The lowest BCUT2D eigenvalue weighted by atomic mass is 9.97. The summed E-state index contributed by atoms with van der Waals surface area (Å²) >= 11 is 2.80. The van der Waals surface area contributed by atoms with Crippen LogP contribution in [0.2, 0.25) is 0 Å². The maximum atomic E-state index is 13.7. The molecular formula is C27H22N2O4S2. The van der Waals surface area contributed by atoms with Gasteiger partial charge in [0.2, 0.25) is 0 Å². The van der Waals surface area contributed by atoms with Crippen LogP contribution in [0.5, 0.6) is 5.75 Å². The molecule has 3 heterocycles. The Kier molecular flexibility index (Phi) is 6.48. The number of carbonyl (C=O) groups excluding carboxylic acids is 1. The molecule has 6 nitrogen and oxygen atoms in total. The molecule has 0 saturated heterocycles. The number of hydrogen-bond donors (Lipinski definition) is 0. The first-order chi connectivity index (χ1) is 17.1. The zero-order chi connectivity index (χ0) is 24.4. The van der Waals surface area contributed by atoms with E-state index in [1.807, 2.05) is 78.2 Å². The molecule has 1 unspecified atom stereocenters. The Bertz CT molecular complexity index is 1560. The van der Waals surface area contributed by atoms with Gasteiger partial charge in [-0.2, -0.15) is 0 Å². The van der Waals surface area contributed by atoms with Crippen LogP contribution in [0.3, 0.4) is 0 Å². The van der Waals surface area contributed by atoms with Crippen LogP contribution in [0.25, 0.3) is 11.8 Å². The number of thiophene rings is 1. The van der Waals surface area contributed by atoms with E-state index in [9.17, 15) is 9.59 Å². The second-order valence-corrected chi connectivity index (χ2v) is 9.71. The molecule has 0 N–H and O–H groups in total. The summed E-state index contributed by atoms with van der Waals surface area (Å²) in [6.07, 6.45) is 1.84. The van der Waals surface area contributed by atoms with E-state index >= 15 is 0 Å². The third kappa shape index (κ3) is 4.38. The van der Waals surface area contributed by atoms with Gasteiger partial charge in [0, 0.05) is 10.4 Å². The van der Waals surface area contributed by atoms with Crippen molar-refractivity contribution in [3.8, 4) is 5.75 Å². The number of ether oxygens (including phenoxy) is 2. The van der Waals surface area contributed by atoms with Crippen LogP contribution in [0.1, 0.15) is 29.0 Å². The molecule has 0 bridgehead atoms. The molecule has 0 aliphatic carbocycles. The molecule has 0 saturated carbocycles. The monoisotopic (exact) mass is 502 g/mol. The zero-order valence-corrected chi connectivity index (χ0v) is 20.8. The van der Waals surface area contributed by atoms with E-state index in [4.69, 9.17) is 14.5 Å². The average Bonchev–Trinajstić information content (AvgIpc) is 3.53. The molecule has 5 rings (SSSR count). The third-order valence-electron chi connectivity index (χ3n) is 5.60. The maximum absolute atomic E-state index is 13.7. The van der Waals surface area contributed by atoms with Crippen LogP contribution < -0.4 is 19.6 Å². The second kappa shape index (κ2) is 9.85. The number of aromatic nitrogens is 1. The Morgan fingerprint density at radius 2 is 1.86 bits per heavy atom. The molecule has 1 aliphatic rings. The molecular weight excluding hydrogens is 480 g/mol. The molecule has 4 aromatic rings. The normalized spacial score (nSPS) is 15.5. The molecule has 2 aromatic heterocycles. The first-order valence-corrected chi connectivity index (χ1v) is 12.8. The molecule has 0 radical (unpaired) electrons. The summed E-state index contributed by atoms with van der Waals surface area (Å²) < 4.78 is 12.8. The molecule has 8 heteroatoms. The van der Waals surface area contributed by atoms with E-state index in [1.165, 1.54) is 22.7 Å². The van der Waals surface area contributed by atoms with Crippen molar-refractivity contribution in [2.75, 3.05) is 13.7 Å². The summed E-state index contributed by atoms with van der Waals surface area (Å²) in [5, 5.41) is 1.94. The first-order valence-electron chi connectivity index (χ1n) is 11.1. The van der Waals surface area contributed by atoms with Gasteiger partial charge in [-0.05, 0) is 42.1 Å². The fourth-order valence-corrected chi connectivity index (χ4v) is 5.83. The summed E-state index contributed by atoms with van der Waals surface area (Å²) in [5.41, 5.74) is 2.36. The quantitative estimate of drug-likeness (QED) is 0.374. The average molecular weight is 503 g/mol. The van der Waals surface area contributed by atoms with Gasteiger partial charge in [-0.3, -0.25) is 9.36 Å². The number of thiazole rings is 1. The summed E-state index contributed by atoms with van der Waals surface area (Å²) in [7, 11) is 1.61. The van der Waals surface area contributed by atoms with Crippen LogP contribution in [0.15, 0.2) is 87.5 Å². The fraction of sp³-hybridized carbons (Fsp3) is 0.148. The second-order valence-electron chi connectivity index (χ2n) is 7.72. The molecule has 35 heavy (non-hydrogen) atoms. The van der Waals surface area contributed by atoms with Gasteiger partial charge >= 0.3 is 5.97 Å². The number of hydrogen-bond acceptors (Lipinski definition) is 7. The first kappa shape index (κ1) is 23.0. The minimum atomic E-state index is -0.626. The van der Waals surface area contributed by atoms with Gasteiger partial charge in [0.25, 0.3) is 5.56 Å². The summed E-state index contributed by atoms with van der Waals surface area (Å²) in [5.74, 6) is 0.269. The van der Waals surface area contributed by atoms with Crippen molar-refractivity contribution < 1.29 is 14.3 Å². The van der Waals surface area contributed by atoms with Gasteiger partial charge in [-0.25, -0.2) is 9.79 Å². The van der Waals surface area contributed by atoms with Crippen molar-refractivity contribution in [3.63, 3.8) is 0 Å². The highest BCUT2D eigenvalue weighted by atomic mass is 32.1. The highest BCUT2D eigenvalue weighted by Crippen LogP contribution is 2.36. The van der Waals surface area contributed by atoms with Gasteiger partial charge in [-0.15, -0.1) is 11.3 Å². The van der Waals surface area contributed by atoms with Gasteiger partial charge in [0.1, 0.15) is 11.8 Å². The van der Waals surface area contributed by atoms with Crippen LogP contribution >= 0.6 is 22.7 Å². The molecule has 1 aliphatic heterocycles. The van der Waals surface area contributed by atoms with Crippen LogP contribution in [0, 0.1) is 0 Å². The van der Waals surface area contributed by atoms with E-state index in [1.54, 1.807) is 18.6 Å². The summed E-state index contributed by atoms with van der Waals surface area (Å²) in [6, 6.07) is 20.3. The number of benzene rings is 2. The Balaban J connectivity index is 1.78. The van der Waals surface area contributed by atoms with E-state index in [-0.39, 0.29) is 12.2 Å².